The molecule has 0 N–H and O–H groups in total. The average Bonchev–Trinajstić information content (AvgIpc) is 2.01. The Balaban J connectivity index is 1.86. The van der Waals surface area contributed by atoms with Gasteiger partial charge in [-0.3, -0.25) is 0 Å². The van der Waals surface area contributed by atoms with E-state index in [4.69, 9.17) is 4.74 Å². The van der Waals surface area contributed by atoms with E-state index < -0.39 is 0 Å². The van der Waals surface area contributed by atoms with Gasteiger partial charge in [0.05, 0.1) is 0 Å². The maximum atomic E-state index is 10.3. The van der Waals surface area contributed by atoms with Crippen molar-refractivity contribution in [3.05, 3.63) is 0 Å². The Kier molecular flexibility index (Phi) is 4.30. The Morgan fingerprint density at radius 3 is 2.83 bits per heavy atom. The minimum absolute atomic E-state index is 0.338. The van der Waals surface area contributed by atoms with Gasteiger partial charge < -0.3 is 9.53 Å². The Hall–Kier alpha value is -0.370. The minimum Gasteiger partial charge on any atom is -0.381 e. The molecule has 70 valence electrons. The van der Waals surface area contributed by atoms with Gasteiger partial charge in [0, 0.05) is 19.1 Å². The lowest BCUT2D eigenvalue weighted by Crippen LogP contribution is -2.28. The first-order valence-electron chi connectivity index (χ1n) is 4.89. The molecule has 0 aromatic carbocycles. The van der Waals surface area contributed by atoms with Gasteiger partial charge in [-0.15, -0.1) is 0 Å². The van der Waals surface area contributed by atoms with Gasteiger partial charge in [-0.2, -0.15) is 0 Å². The Labute approximate surface area is 74.3 Å². The van der Waals surface area contributed by atoms with Gasteiger partial charge >= 0.3 is 0 Å². The van der Waals surface area contributed by atoms with Gasteiger partial charge in [-0.1, -0.05) is 13.3 Å². The zero-order chi connectivity index (χ0) is 8.81. The maximum absolute atomic E-state index is 10.3. The molecule has 0 aromatic rings. The number of aldehydes is 1. The van der Waals surface area contributed by atoms with Crippen LogP contribution in [0.1, 0.15) is 32.6 Å². The number of carbonyl (C=O) groups is 1. The van der Waals surface area contributed by atoms with Crippen LogP contribution in [0.15, 0.2) is 0 Å². The minimum atomic E-state index is 0.338. The summed E-state index contributed by atoms with van der Waals surface area (Å²) >= 11 is 0. The first kappa shape index (κ1) is 9.72. The van der Waals surface area contributed by atoms with E-state index in [0.717, 1.165) is 38.8 Å². The molecule has 1 fully saturated rings. The largest absolute Gasteiger partial charge is 0.381 e. The summed E-state index contributed by atoms with van der Waals surface area (Å²) in [5.41, 5.74) is 0. The summed E-state index contributed by atoms with van der Waals surface area (Å²) in [6, 6.07) is 0. The molecule has 0 unspecified atom stereocenters. The van der Waals surface area contributed by atoms with E-state index in [1.54, 1.807) is 0 Å². The zero-order valence-corrected chi connectivity index (χ0v) is 7.79. The van der Waals surface area contributed by atoms with Gasteiger partial charge in [-0.05, 0) is 25.2 Å². The summed E-state index contributed by atoms with van der Waals surface area (Å²) in [5, 5.41) is 0. The van der Waals surface area contributed by atoms with Crippen LogP contribution in [0.2, 0.25) is 0 Å². The molecule has 0 amide bonds. The Morgan fingerprint density at radius 1 is 1.50 bits per heavy atom. The summed E-state index contributed by atoms with van der Waals surface area (Å²) < 4.78 is 5.45. The zero-order valence-electron chi connectivity index (χ0n) is 7.79. The highest BCUT2D eigenvalue weighted by Gasteiger charge is 2.28. The van der Waals surface area contributed by atoms with Gasteiger partial charge in [-0.25, -0.2) is 0 Å². The molecule has 1 aliphatic rings. The fourth-order valence-corrected chi connectivity index (χ4v) is 1.53. The molecule has 0 atom stereocenters. The van der Waals surface area contributed by atoms with E-state index in [2.05, 4.69) is 6.92 Å². The van der Waals surface area contributed by atoms with E-state index >= 15 is 0 Å². The highest BCUT2D eigenvalue weighted by atomic mass is 16.5. The van der Waals surface area contributed by atoms with Crippen molar-refractivity contribution in [2.45, 2.75) is 32.6 Å². The van der Waals surface area contributed by atoms with Gasteiger partial charge in [0.25, 0.3) is 0 Å². The summed E-state index contributed by atoms with van der Waals surface area (Å²) in [6.45, 7) is 3.91. The first-order valence-corrected chi connectivity index (χ1v) is 4.89. The summed E-state index contributed by atoms with van der Waals surface area (Å²) in [4.78, 5) is 10.3. The smallest absolute Gasteiger partial charge is 0.123 e. The van der Waals surface area contributed by atoms with Gasteiger partial charge in [0.15, 0.2) is 0 Å². The second-order valence-electron chi connectivity index (χ2n) is 3.66. The van der Waals surface area contributed by atoms with Crippen molar-refractivity contribution in [3.63, 3.8) is 0 Å². The second-order valence-corrected chi connectivity index (χ2v) is 3.66. The van der Waals surface area contributed by atoms with Crippen LogP contribution in [-0.4, -0.2) is 19.5 Å². The highest BCUT2D eigenvalue weighted by molar-refractivity contribution is 5.54. The van der Waals surface area contributed by atoms with Crippen LogP contribution in [0.4, 0.5) is 0 Å². The third kappa shape index (κ3) is 2.94. The van der Waals surface area contributed by atoms with Crippen molar-refractivity contribution >= 4 is 6.29 Å². The number of rotatable bonds is 6. The lowest BCUT2D eigenvalue weighted by Gasteiger charge is -2.31. The molecule has 1 aliphatic carbocycles. The Bertz CT molecular complexity index is 128. The molecule has 0 heterocycles. The highest BCUT2D eigenvalue weighted by Crippen LogP contribution is 2.31. The second kappa shape index (κ2) is 5.31. The molecule has 0 radical (unpaired) electrons. The number of hydrogen-bond donors (Lipinski definition) is 0. The van der Waals surface area contributed by atoms with Crippen LogP contribution in [0.5, 0.6) is 0 Å². The van der Waals surface area contributed by atoms with Crippen LogP contribution >= 0.6 is 0 Å². The van der Waals surface area contributed by atoms with Gasteiger partial charge in [0.1, 0.15) is 6.29 Å². The predicted octanol–water partition coefficient (Wildman–Crippen LogP) is 2.03. The van der Waals surface area contributed by atoms with Crippen LogP contribution < -0.4 is 0 Å². The fraction of sp³-hybridized carbons (Fsp3) is 0.900. The maximum Gasteiger partial charge on any atom is 0.123 e. The molecule has 1 saturated carbocycles. The molecule has 0 spiro atoms. The number of hydrogen-bond acceptors (Lipinski definition) is 2. The molecule has 2 heteroatoms. The van der Waals surface area contributed by atoms with Gasteiger partial charge in [0.2, 0.25) is 0 Å². The lowest BCUT2D eigenvalue weighted by atomic mass is 9.76. The van der Waals surface area contributed by atoms with Crippen LogP contribution in [0.3, 0.4) is 0 Å². The van der Waals surface area contributed by atoms with Crippen molar-refractivity contribution in [1.82, 2.24) is 0 Å². The first-order chi connectivity index (χ1) is 5.86. The molecular formula is C10H18O2. The Morgan fingerprint density at radius 2 is 2.25 bits per heavy atom. The number of ether oxygens (including phenoxy) is 1. The molecule has 12 heavy (non-hydrogen) atoms. The van der Waals surface area contributed by atoms with Crippen molar-refractivity contribution < 1.29 is 9.53 Å². The van der Waals surface area contributed by atoms with E-state index in [0.29, 0.717) is 11.8 Å². The fourth-order valence-electron chi connectivity index (χ4n) is 1.53. The lowest BCUT2D eigenvalue weighted by molar-refractivity contribution is -0.115. The van der Waals surface area contributed by atoms with E-state index in [-0.39, 0.29) is 0 Å². The number of carbonyl (C=O) groups excluding carboxylic acids is 1. The molecule has 0 saturated heterocycles. The van der Waals surface area contributed by atoms with Crippen LogP contribution in [-0.2, 0) is 9.53 Å². The van der Waals surface area contributed by atoms with Crippen molar-refractivity contribution in [2.75, 3.05) is 13.2 Å². The van der Waals surface area contributed by atoms with E-state index in [9.17, 15) is 4.79 Å². The van der Waals surface area contributed by atoms with Crippen molar-refractivity contribution in [1.29, 1.82) is 0 Å². The quantitative estimate of drug-likeness (QED) is 0.450. The third-order valence-electron chi connectivity index (χ3n) is 2.46. The predicted molar refractivity (Wildman–Crippen MR) is 48.0 cm³/mol. The average molecular weight is 170 g/mol. The molecule has 2 nitrogen and oxygen atoms in total. The summed E-state index contributed by atoms with van der Waals surface area (Å²) in [7, 11) is 0. The summed E-state index contributed by atoms with van der Waals surface area (Å²) in [6.07, 6.45) is 5.53. The monoisotopic (exact) mass is 170 g/mol. The standard InChI is InChI=1S/C10H18O2/c1-2-3-4-12-8-10-5-9(6-10)7-11/h7,9-10H,2-6,8H2,1H3. The van der Waals surface area contributed by atoms with Crippen LogP contribution in [0.25, 0.3) is 0 Å². The molecule has 0 bridgehead atoms. The number of unbranched alkanes of at least 4 members (excludes halogenated alkanes) is 1. The molecule has 0 aromatic heterocycles. The van der Waals surface area contributed by atoms with E-state index in [1.807, 2.05) is 0 Å². The molecular weight excluding hydrogens is 152 g/mol. The normalized spacial score (nSPS) is 28.1. The topological polar surface area (TPSA) is 26.3 Å². The van der Waals surface area contributed by atoms with E-state index in [1.165, 1.54) is 6.42 Å². The summed E-state index contributed by atoms with van der Waals surface area (Å²) in [5.74, 6) is 1.00. The third-order valence-corrected chi connectivity index (χ3v) is 2.46. The molecule has 1 rings (SSSR count). The van der Waals surface area contributed by atoms with Crippen molar-refractivity contribution in [2.24, 2.45) is 11.8 Å². The van der Waals surface area contributed by atoms with Crippen LogP contribution in [0, 0.1) is 11.8 Å². The van der Waals surface area contributed by atoms with Crippen molar-refractivity contribution in [3.8, 4) is 0 Å². The SMILES string of the molecule is CCCCOCC1CC(C=O)C1. The molecule has 0 aliphatic heterocycles.